The van der Waals surface area contributed by atoms with Crippen LogP contribution in [0.3, 0.4) is 0 Å². The molecule has 0 unspecified atom stereocenters. The van der Waals surface area contributed by atoms with E-state index in [1.807, 2.05) is 12.5 Å². The van der Waals surface area contributed by atoms with E-state index in [0.717, 1.165) is 21.1 Å². The van der Waals surface area contributed by atoms with Gasteiger partial charge in [-0.3, -0.25) is 0 Å². The Labute approximate surface area is 87.9 Å². The molecule has 68 valence electrons. The molecule has 0 aliphatic heterocycles. The molecule has 2 aromatic heterocycles. The van der Waals surface area contributed by atoms with Crippen molar-refractivity contribution in [2.24, 2.45) is 0 Å². The lowest BCUT2D eigenvalue weighted by molar-refractivity contribution is 0.881. The zero-order chi connectivity index (χ0) is 9.26. The Balaban J connectivity index is 2.74. The lowest BCUT2D eigenvalue weighted by Crippen LogP contribution is -1.90. The van der Waals surface area contributed by atoms with Gasteiger partial charge in [-0.25, -0.2) is 0 Å². The first-order valence-electron chi connectivity index (χ1n) is 3.43. The molecule has 0 aliphatic carbocycles. The van der Waals surface area contributed by atoms with Crippen molar-refractivity contribution >= 4 is 46.3 Å². The largest absolute Gasteiger partial charge is 0.170 e. The molecule has 0 radical (unpaired) electrons. The van der Waals surface area contributed by atoms with E-state index in [0.29, 0.717) is 0 Å². The molecule has 4 nitrogen and oxygen atoms in total. The molecule has 0 fully saturated rings. The highest BCUT2D eigenvalue weighted by Gasteiger charge is 2.11. The summed E-state index contributed by atoms with van der Waals surface area (Å²) in [6.45, 7) is 0. The maximum atomic E-state index is 4.19. The van der Waals surface area contributed by atoms with E-state index in [1.165, 1.54) is 11.7 Å². The van der Waals surface area contributed by atoms with E-state index in [2.05, 4.69) is 18.9 Å². The van der Waals surface area contributed by atoms with Gasteiger partial charge in [0.05, 0.1) is 11.7 Å². The Morgan fingerprint density at radius 3 is 1.77 bits per heavy atom. The van der Waals surface area contributed by atoms with Gasteiger partial charge in [-0.15, -0.1) is 33.7 Å². The van der Waals surface area contributed by atoms with Crippen molar-refractivity contribution in [1.82, 2.24) is 18.9 Å². The van der Waals surface area contributed by atoms with Crippen molar-refractivity contribution in [3.05, 3.63) is 0 Å². The van der Waals surface area contributed by atoms with Crippen molar-refractivity contribution in [1.29, 1.82) is 0 Å². The highest BCUT2D eigenvalue weighted by molar-refractivity contribution is 7.99. The Morgan fingerprint density at radius 2 is 1.38 bits per heavy atom. The zero-order valence-corrected chi connectivity index (χ0v) is 9.46. The summed E-state index contributed by atoms with van der Waals surface area (Å²) in [6.07, 6.45) is 3.92. The molecule has 7 heteroatoms. The lowest BCUT2D eigenvalue weighted by Gasteiger charge is -1.97. The molecule has 2 aromatic rings. The van der Waals surface area contributed by atoms with Gasteiger partial charge in [0.25, 0.3) is 0 Å². The topological polar surface area (TPSA) is 51.6 Å². The predicted octanol–water partition coefficient (Wildman–Crippen LogP) is 1.93. The molecule has 0 bridgehead atoms. The van der Waals surface area contributed by atoms with Crippen molar-refractivity contribution in [3.8, 4) is 0 Å². The minimum Gasteiger partial charge on any atom is -0.170 e. The second-order valence-electron chi connectivity index (χ2n) is 2.18. The van der Waals surface area contributed by atoms with E-state index in [-0.39, 0.29) is 0 Å². The first-order chi connectivity index (χ1) is 6.36. The summed E-state index contributed by atoms with van der Waals surface area (Å²) in [5, 5.41) is 9.83. The molecule has 0 aromatic carbocycles. The van der Waals surface area contributed by atoms with Gasteiger partial charge in [-0.2, -0.15) is 8.75 Å². The Bertz CT molecular complexity index is 389. The third kappa shape index (κ3) is 1.51. The molecule has 13 heavy (non-hydrogen) atoms. The molecule has 2 heterocycles. The van der Waals surface area contributed by atoms with E-state index in [9.17, 15) is 0 Å². The van der Waals surface area contributed by atoms with E-state index < -0.39 is 0 Å². The number of rotatable bonds is 2. The number of hydrogen-bond donors (Lipinski definition) is 0. The molecule has 0 saturated carbocycles. The van der Waals surface area contributed by atoms with Gasteiger partial charge in [-0.05, 0) is 12.5 Å². The van der Waals surface area contributed by atoms with Gasteiger partial charge in [0.2, 0.25) is 0 Å². The molecule has 0 N–H and O–H groups in total. The van der Waals surface area contributed by atoms with Gasteiger partial charge in [0.1, 0.15) is 21.1 Å². The van der Waals surface area contributed by atoms with Crippen molar-refractivity contribution in [2.45, 2.75) is 10.1 Å². The smallest absolute Gasteiger partial charge is 0.148 e. The van der Waals surface area contributed by atoms with Crippen LogP contribution in [0.5, 0.6) is 0 Å². The Hall–Kier alpha value is -0.400. The first kappa shape index (κ1) is 9.17. The van der Waals surface area contributed by atoms with Crippen LogP contribution >= 0.6 is 35.3 Å². The standard InChI is InChI=1S/C6H6N4S3/c1-11-5-3-4(10-13-9-3)6(12-2)8-7-5/h1-2H3. The second-order valence-corrected chi connectivity index (χ2v) is 4.30. The summed E-state index contributed by atoms with van der Waals surface area (Å²) >= 11 is 4.29. The van der Waals surface area contributed by atoms with Gasteiger partial charge in [-0.1, -0.05) is 0 Å². The van der Waals surface area contributed by atoms with Crippen LogP contribution in [-0.2, 0) is 0 Å². The number of fused-ring (bicyclic) bond motifs is 1. The fourth-order valence-electron chi connectivity index (χ4n) is 0.930. The fourth-order valence-corrected chi connectivity index (χ4v) is 2.51. The van der Waals surface area contributed by atoms with E-state index in [4.69, 9.17) is 0 Å². The van der Waals surface area contributed by atoms with Gasteiger partial charge in [0, 0.05) is 0 Å². The van der Waals surface area contributed by atoms with E-state index >= 15 is 0 Å². The lowest BCUT2D eigenvalue weighted by atomic mass is 10.5. The summed E-state index contributed by atoms with van der Waals surface area (Å²) in [5.41, 5.74) is 1.74. The number of aromatic nitrogens is 4. The van der Waals surface area contributed by atoms with Crippen molar-refractivity contribution in [2.75, 3.05) is 12.5 Å². The molecule has 0 atom stereocenters. The third-order valence-electron chi connectivity index (χ3n) is 1.51. The number of hydrogen-bond acceptors (Lipinski definition) is 7. The molecule has 0 aliphatic rings. The average Bonchev–Trinajstić information content (AvgIpc) is 2.64. The Morgan fingerprint density at radius 1 is 0.923 bits per heavy atom. The minimum atomic E-state index is 0.849. The SMILES string of the molecule is CSc1nnc(SC)c2nsnc12. The summed E-state index contributed by atoms with van der Waals surface area (Å²) in [4.78, 5) is 0. The molecule has 0 saturated heterocycles. The molecular formula is C6H6N4S3. The van der Waals surface area contributed by atoms with Gasteiger partial charge >= 0.3 is 0 Å². The average molecular weight is 230 g/mol. The highest BCUT2D eigenvalue weighted by atomic mass is 32.2. The summed E-state index contributed by atoms with van der Waals surface area (Å²) in [6, 6.07) is 0. The maximum absolute atomic E-state index is 4.19. The van der Waals surface area contributed by atoms with Crippen LogP contribution in [-0.4, -0.2) is 31.5 Å². The normalized spacial score (nSPS) is 10.9. The molecular weight excluding hydrogens is 224 g/mol. The van der Waals surface area contributed by atoms with Gasteiger partial charge in [0.15, 0.2) is 0 Å². The predicted molar refractivity (Wildman–Crippen MR) is 56.6 cm³/mol. The quantitative estimate of drug-likeness (QED) is 0.735. The number of thioether (sulfide) groups is 2. The van der Waals surface area contributed by atoms with E-state index in [1.54, 1.807) is 23.5 Å². The van der Waals surface area contributed by atoms with Crippen LogP contribution in [0.15, 0.2) is 10.1 Å². The van der Waals surface area contributed by atoms with Crippen LogP contribution in [0.1, 0.15) is 0 Å². The fraction of sp³-hybridized carbons (Fsp3) is 0.333. The second kappa shape index (κ2) is 3.77. The first-order valence-corrected chi connectivity index (χ1v) is 6.61. The van der Waals surface area contributed by atoms with Crippen LogP contribution in [0.25, 0.3) is 11.0 Å². The van der Waals surface area contributed by atoms with Crippen molar-refractivity contribution < 1.29 is 0 Å². The monoisotopic (exact) mass is 230 g/mol. The summed E-state index contributed by atoms with van der Waals surface area (Å²) in [5.74, 6) is 0. The molecule has 0 amide bonds. The van der Waals surface area contributed by atoms with Crippen LogP contribution < -0.4 is 0 Å². The summed E-state index contributed by atoms with van der Waals surface area (Å²) in [7, 11) is 0. The van der Waals surface area contributed by atoms with Crippen LogP contribution in [0, 0.1) is 0 Å². The minimum absolute atomic E-state index is 0.849. The maximum Gasteiger partial charge on any atom is 0.148 e. The number of nitrogens with zero attached hydrogens (tertiary/aromatic N) is 4. The third-order valence-corrected chi connectivity index (χ3v) is 3.36. The van der Waals surface area contributed by atoms with Gasteiger partial charge < -0.3 is 0 Å². The van der Waals surface area contributed by atoms with Crippen LogP contribution in [0.4, 0.5) is 0 Å². The Kier molecular flexibility index (Phi) is 2.66. The molecule has 2 rings (SSSR count). The van der Waals surface area contributed by atoms with Crippen LogP contribution in [0.2, 0.25) is 0 Å². The molecule has 0 spiro atoms. The summed E-state index contributed by atoms with van der Waals surface area (Å²) < 4.78 is 8.38. The zero-order valence-electron chi connectivity index (χ0n) is 7.01. The highest BCUT2D eigenvalue weighted by Crippen LogP contribution is 2.27. The van der Waals surface area contributed by atoms with Crippen molar-refractivity contribution in [3.63, 3.8) is 0 Å².